The fourth-order valence-corrected chi connectivity index (χ4v) is 1.92. The molecule has 108 valence electrons. The third-order valence-corrected chi connectivity index (χ3v) is 2.87. The van der Waals surface area contributed by atoms with Crippen LogP contribution in [0.5, 0.6) is 0 Å². The van der Waals surface area contributed by atoms with Crippen molar-refractivity contribution in [1.82, 2.24) is 9.97 Å². The molecule has 3 N–H and O–H groups in total. The summed E-state index contributed by atoms with van der Waals surface area (Å²) in [5, 5.41) is 21.5. The smallest absolute Gasteiger partial charge is 0.137 e. The molecule has 0 spiro atoms. The zero-order valence-electron chi connectivity index (χ0n) is 12.0. The number of aromatic nitrogens is 2. The molecular weight excluding hydrogens is 244 g/mol. The van der Waals surface area contributed by atoms with Gasteiger partial charge in [0.05, 0.1) is 13.2 Å². The van der Waals surface area contributed by atoms with E-state index in [4.69, 9.17) is 10.2 Å². The molecule has 6 heteroatoms. The van der Waals surface area contributed by atoms with E-state index < -0.39 is 0 Å². The van der Waals surface area contributed by atoms with Crippen LogP contribution in [0.2, 0.25) is 0 Å². The predicted molar refractivity (Wildman–Crippen MR) is 76.7 cm³/mol. The summed E-state index contributed by atoms with van der Waals surface area (Å²) in [6.45, 7) is 7.73. The van der Waals surface area contributed by atoms with Gasteiger partial charge in [-0.15, -0.1) is 0 Å². The minimum atomic E-state index is 0.0292. The molecule has 1 heterocycles. The second kappa shape index (κ2) is 7.91. The van der Waals surface area contributed by atoms with Crippen molar-refractivity contribution in [2.45, 2.75) is 27.2 Å². The van der Waals surface area contributed by atoms with Crippen LogP contribution in [0.1, 0.15) is 25.2 Å². The summed E-state index contributed by atoms with van der Waals surface area (Å²) in [4.78, 5) is 10.9. The first-order valence-electron chi connectivity index (χ1n) is 6.75. The molecule has 0 aliphatic heterocycles. The van der Waals surface area contributed by atoms with Gasteiger partial charge < -0.3 is 20.4 Å². The Morgan fingerprint density at radius 1 is 1.11 bits per heavy atom. The minimum Gasteiger partial charge on any atom is -0.395 e. The molecule has 0 fully saturated rings. The van der Waals surface area contributed by atoms with E-state index in [9.17, 15) is 0 Å². The van der Waals surface area contributed by atoms with Gasteiger partial charge in [0, 0.05) is 31.6 Å². The van der Waals surface area contributed by atoms with Gasteiger partial charge in [-0.25, -0.2) is 9.97 Å². The Bertz CT molecular complexity index is 392. The fraction of sp³-hybridized carbons (Fsp3) is 0.692. The van der Waals surface area contributed by atoms with E-state index in [0.29, 0.717) is 13.1 Å². The molecule has 1 aromatic heterocycles. The molecule has 19 heavy (non-hydrogen) atoms. The van der Waals surface area contributed by atoms with E-state index in [2.05, 4.69) is 15.3 Å². The molecule has 1 aromatic rings. The number of rotatable bonds is 8. The highest BCUT2D eigenvalue weighted by Crippen LogP contribution is 2.23. The molecule has 0 aliphatic carbocycles. The zero-order chi connectivity index (χ0) is 14.3. The highest BCUT2D eigenvalue weighted by atomic mass is 16.3. The highest BCUT2D eigenvalue weighted by molar-refractivity contribution is 5.58. The summed E-state index contributed by atoms with van der Waals surface area (Å²) in [7, 11) is 0. The van der Waals surface area contributed by atoms with Crippen LogP contribution < -0.4 is 10.2 Å². The van der Waals surface area contributed by atoms with Crippen LogP contribution in [0.3, 0.4) is 0 Å². The van der Waals surface area contributed by atoms with Crippen LogP contribution in [0.4, 0.5) is 11.6 Å². The van der Waals surface area contributed by atoms with Crippen LogP contribution in [0, 0.1) is 6.92 Å². The van der Waals surface area contributed by atoms with Crippen LogP contribution in [0.15, 0.2) is 0 Å². The number of nitrogens with one attached hydrogen (secondary N) is 1. The Balaban J connectivity index is 3.17. The van der Waals surface area contributed by atoms with Gasteiger partial charge in [-0.05, 0) is 13.8 Å². The lowest BCUT2D eigenvalue weighted by atomic mass is 10.2. The molecule has 0 saturated carbocycles. The van der Waals surface area contributed by atoms with E-state index in [-0.39, 0.29) is 13.2 Å². The summed E-state index contributed by atoms with van der Waals surface area (Å²) in [6.07, 6.45) is 0.748. The van der Waals surface area contributed by atoms with Crippen molar-refractivity contribution in [3.63, 3.8) is 0 Å². The second-order valence-electron chi connectivity index (χ2n) is 4.26. The summed E-state index contributed by atoms with van der Waals surface area (Å²) in [5.74, 6) is 2.37. The van der Waals surface area contributed by atoms with Crippen molar-refractivity contribution in [2.24, 2.45) is 0 Å². The Morgan fingerprint density at radius 3 is 2.21 bits per heavy atom. The number of hydrogen-bond acceptors (Lipinski definition) is 6. The lowest BCUT2D eigenvalue weighted by Gasteiger charge is -2.25. The monoisotopic (exact) mass is 268 g/mol. The molecule has 1 rings (SSSR count). The average molecular weight is 268 g/mol. The van der Waals surface area contributed by atoms with Gasteiger partial charge in [0.1, 0.15) is 17.5 Å². The van der Waals surface area contributed by atoms with Crippen LogP contribution >= 0.6 is 0 Å². The first-order chi connectivity index (χ1) is 9.17. The number of anilines is 2. The minimum absolute atomic E-state index is 0.0292. The van der Waals surface area contributed by atoms with Gasteiger partial charge in [-0.3, -0.25) is 0 Å². The molecule has 0 saturated heterocycles. The number of aliphatic hydroxyl groups is 2. The summed E-state index contributed by atoms with van der Waals surface area (Å²) < 4.78 is 0. The van der Waals surface area contributed by atoms with Crippen molar-refractivity contribution in [2.75, 3.05) is 43.1 Å². The Kier molecular flexibility index (Phi) is 6.52. The summed E-state index contributed by atoms with van der Waals surface area (Å²) >= 11 is 0. The molecule has 0 radical (unpaired) electrons. The molecule has 0 atom stereocenters. The lowest BCUT2D eigenvalue weighted by molar-refractivity contribution is 0.280. The maximum absolute atomic E-state index is 9.13. The first-order valence-corrected chi connectivity index (χ1v) is 6.75. The van der Waals surface area contributed by atoms with Gasteiger partial charge >= 0.3 is 0 Å². The highest BCUT2D eigenvalue weighted by Gasteiger charge is 2.15. The molecular formula is C13H24N4O2. The SMILES string of the molecule is CCNc1nc(CC)nc(N(CCO)CCO)c1C. The number of aryl methyl sites for hydroxylation is 1. The number of nitrogens with zero attached hydrogens (tertiary/aromatic N) is 3. The zero-order valence-corrected chi connectivity index (χ0v) is 12.0. The molecule has 0 aromatic carbocycles. The quantitative estimate of drug-likeness (QED) is 0.639. The average Bonchev–Trinajstić information content (AvgIpc) is 2.41. The van der Waals surface area contributed by atoms with Crippen molar-refractivity contribution < 1.29 is 10.2 Å². The third kappa shape index (κ3) is 4.04. The van der Waals surface area contributed by atoms with Crippen molar-refractivity contribution in [3.05, 3.63) is 11.4 Å². The molecule has 0 unspecified atom stereocenters. The fourth-order valence-electron chi connectivity index (χ4n) is 1.92. The van der Waals surface area contributed by atoms with Gasteiger partial charge in [-0.2, -0.15) is 0 Å². The van der Waals surface area contributed by atoms with E-state index in [1.165, 1.54) is 0 Å². The second-order valence-corrected chi connectivity index (χ2v) is 4.26. The third-order valence-electron chi connectivity index (χ3n) is 2.87. The number of hydrogen-bond donors (Lipinski definition) is 3. The van der Waals surface area contributed by atoms with E-state index >= 15 is 0 Å². The molecule has 0 amide bonds. The van der Waals surface area contributed by atoms with Gasteiger partial charge in [0.2, 0.25) is 0 Å². The topological polar surface area (TPSA) is 81.5 Å². The van der Waals surface area contributed by atoms with Crippen LogP contribution in [0.25, 0.3) is 0 Å². The standard InChI is InChI=1S/C13H24N4O2/c1-4-11-15-12(14-5-2)10(3)13(16-11)17(6-8-18)7-9-19/h18-19H,4-9H2,1-3H3,(H,14,15,16). The maximum Gasteiger partial charge on any atom is 0.137 e. The normalized spacial score (nSPS) is 10.6. The molecule has 0 bridgehead atoms. The molecule has 6 nitrogen and oxygen atoms in total. The van der Waals surface area contributed by atoms with Crippen LogP contribution in [-0.2, 0) is 6.42 Å². The Labute approximate surface area is 114 Å². The van der Waals surface area contributed by atoms with Gasteiger partial charge in [0.25, 0.3) is 0 Å². The number of aliphatic hydroxyl groups excluding tert-OH is 2. The summed E-state index contributed by atoms with van der Waals surface area (Å²) in [5.41, 5.74) is 0.945. The summed E-state index contributed by atoms with van der Waals surface area (Å²) in [6, 6.07) is 0. The van der Waals surface area contributed by atoms with E-state index in [0.717, 1.165) is 36.0 Å². The van der Waals surface area contributed by atoms with Crippen molar-refractivity contribution in [1.29, 1.82) is 0 Å². The largest absolute Gasteiger partial charge is 0.395 e. The molecule has 0 aliphatic rings. The van der Waals surface area contributed by atoms with Gasteiger partial charge in [-0.1, -0.05) is 6.92 Å². The van der Waals surface area contributed by atoms with E-state index in [1.807, 2.05) is 25.7 Å². The van der Waals surface area contributed by atoms with Crippen molar-refractivity contribution >= 4 is 11.6 Å². The Morgan fingerprint density at radius 2 is 1.74 bits per heavy atom. The maximum atomic E-state index is 9.13. The van der Waals surface area contributed by atoms with Crippen molar-refractivity contribution in [3.8, 4) is 0 Å². The first kappa shape index (κ1) is 15.7. The van der Waals surface area contributed by atoms with Crippen LogP contribution in [-0.4, -0.2) is 53.0 Å². The lowest BCUT2D eigenvalue weighted by Crippen LogP contribution is -2.31. The Hall–Kier alpha value is -1.40. The predicted octanol–water partition coefficient (Wildman–Crippen LogP) is 0.570. The van der Waals surface area contributed by atoms with E-state index in [1.54, 1.807) is 0 Å². The van der Waals surface area contributed by atoms with Gasteiger partial charge in [0.15, 0.2) is 0 Å².